The van der Waals surface area contributed by atoms with Crippen molar-refractivity contribution in [3.05, 3.63) is 130 Å². The number of rotatable bonds is 8. The van der Waals surface area contributed by atoms with Gasteiger partial charge in [0.05, 0.1) is 0 Å². The zero-order valence-electron chi connectivity index (χ0n) is 26.5. The van der Waals surface area contributed by atoms with E-state index in [9.17, 15) is 19.2 Å². The molecule has 3 aromatic carbocycles. The highest BCUT2D eigenvalue weighted by atomic mass is 32.2. The number of carbonyl (C=O) groups excluding carboxylic acids is 4. The fraction of sp³-hybridized carbons (Fsp3) is 0.297. The van der Waals surface area contributed by atoms with E-state index < -0.39 is 47.1 Å². The molecule has 0 bridgehead atoms. The van der Waals surface area contributed by atoms with Gasteiger partial charge in [-0.15, -0.1) is 11.8 Å². The summed E-state index contributed by atoms with van der Waals surface area (Å²) in [6.45, 7) is 5.72. The molecule has 47 heavy (non-hydrogen) atoms. The predicted molar refractivity (Wildman–Crippen MR) is 179 cm³/mol. The Hall–Kier alpha value is -4.83. The molecule has 3 heterocycles. The summed E-state index contributed by atoms with van der Waals surface area (Å²) in [6, 6.07) is 26.5. The van der Waals surface area contributed by atoms with E-state index in [-0.39, 0.29) is 5.91 Å². The Morgan fingerprint density at radius 1 is 0.936 bits per heavy atom. The van der Waals surface area contributed by atoms with Crippen LogP contribution in [0.15, 0.2) is 113 Å². The largest absolute Gasteiger partial charge is 0.451 e. The molecule has 3 amide bonds. The Labute approximate surface area is 278 Å². The van der Waals surface area contributed by atoms with Crippen molar-refractivity contribution < 1.29 is 28.7 Å². The molecule has 0 radical (unpaired) electrons. The summed E-state index contributed by atoms with van der Waals surface area (Å²) in [6.07, 6.45) is -0.590. The van der Waals surface area contributed by atoms with Gasteiger partial charge < -0.3 is 25.0 Å². The smallest absolute Gasteiger partial charge is 0.408 e. The van der Waals surface area contributed by atoms with E-state index in [4.69, 9.17) is 9.47 Å². The van der Waals surface area contributed by atoms with Crippen LogP contribution in [0.2, 0.25) is 0 Å². The molecule has 3 aliphatic heterocycles. The molecule has 2 N–H and O–H groups in total. The number of β-lactam (4-membered cyclic amide) rings is 1. The zero-order valence-corrected chi connectivity index (χ0v) is 27.3. The Bertz CT molecular complexity index is 1680. The molecule has 2 fully saturated rings. The topological polar surface area (TPSA) is 114 Å². The Kier molecular flexibility index (Phi) is 9.22. The molecule has 6 rings (SSSR count). The van der Waals surface area contributed by atoms with E-state index in [1.807, 2.05) is 96.4 Å². The lowest BCUT2D eigenvalue weighted by atomic mass is 9.86. The number of hydrogen-bond acceptors (Lipinski definition) is 7. The van der Waals surface area contributed by atoms with Gasteiger partial charge in [0.1, 0.15) is 17.0 Å². The van der Waals surface area contributed by atoms with Gasteiger partial charge in [-0.25, -0.2) is 9.59 Å². The Balaban J connectivity index is 1.40. The van der Waals surface area contributed by atoms with Crippen molar-refractivity contribution >= 4 is 35.6 Å². The number of thioether (sulfide) groups is 1. The van der Waals surface area contributed by atoms with Crippen LogP contribution in [-0.2, 0) is 30.3 Å². The number of ether oxygens (including phenoxy) is 2. The normalized spacial score (nSPS) is 21.7. The van der Waals surface area contributed by atoms with E-state index in [1.54, 1.807) is 20.8 Å². The summed E-state index contributed by atoms with van der Waals surface area (Å²) in [5, 5.41) is 6.85. The summed E-state index contributed by atoms with van der Waals surface area (Å²) < 4.78 is 11.8. The van der Waals surface area contributed by atoms with E-state index in [0.717, 1.165) is 16.7 Å². The first-order valence-electron chi connectivity index (χ1n) is 15.6. The molecular formula is C37H37N3O6S. The van der Waals surface area contributed by atoms with E-state index in [2.05, 4.69) is 10.6 Å². The molecule has 2 saturated heterocycles. The molecule has 0 unspecified atom stereocenters. The molecule has 242 valence electrons. The maximum atomic E-state index is 14.6. The quantitative estimate of drug-likeness (QED) is 0.190. The summed E-state index contributed by atoms with van der Waals surface area (Å²) in [4.78, 5) is 55.7. The lowest BCUT2D eigenvalue weighted by molar-refractivity contribution is -0.164. The standard InChI is InChI=1S/C37H37N3O6S/c1-37(2,3)46-36(44)39-29-33(42)40-30(35(43)45-31(24-15-9-5-10-16-24)25-17-11-6-12-18-25)28(22-47-34(29)40)27(26-19-20-38-32(26)41)21-23-13-7-4-8-14-23/h4-18,22,29-31,34H,19-21H2,1-3H3,(H,38,41)(H,39,44)/t29-,30-,34-/m1/s1. The van der Waals surface area contributed by atoms with Crippen LogP contribution in [-0.4, -0.2) is 58.4 Å². The van der Waals surface area contributed by atoms with Crippen LogP contribution in [0.3, 0.4) is 0 Å². The van der Waals surface area contributed by atoms with Gasteiger partial charge in [0.2, 0.25) is 11.8 Å². The maximum Gasteiger partial charge on any atom is 0.408 e. The van der Waals surface area contributed by atoms with E-state index in [1.165, 1.54) is 16.7 Å². The van der Waals surface area contributed by atoms with Crippen molar-refractivity contribution in [3.8, 4) is 0 Å². The fourth-order valence-corrected chi connectivity index (χ4v) is 7.32. The molecule has 3 atom stereocenters. The van der Waals surface area contributed by atoms with Crippen LogP contribution in [0.1, 0.15) is 50.0 Å². The Morgan fingerprint density at radius 3 is 2.09 bits per heavy atom. The number of amides is 3. The number of fused-ring (bicyclic) bond motifs is 1. The number of nitrogens with zero attached hydrogens (tertiary/aromatic N) is 1. The van der Waals surface area contributed by atoms with Crippen LogP contribution in [0, 0.1) is 0 Å². The molecule has 3 aromatic rings. The predicted octanol–water partition coefficient (Wildman–Crippen LogP) is 5.44. The number of benzene rings is 3. The molecule has 3 aliphatic rings. The second-order valence-electron chi connectivity index (χ2n) is 12.6. The minimum Gasteiger partial charge on any atom is -0.451 e. The first-order chi connectivity index (χ1) is 22.6. The van der Waals surface area contributed by atoms with Crippen molar-refractivity contribution in [2.75, 3.05) is 6.54 Å². The maximum absolute atomic E-state index is 14.6. The molecule has 0 spiro atoms. The average Bonchev–Trinajstić information content (AvgIpc) is 3.50. The van der Waals surface area contributed by atoms with Crippen LogP contribution >= 0.6 is 11.8 Å². The van der Waals surface area contributed by atoms with Gasteiger partial charge in [0.15, 0.2) is 12.1 Å². The summed E-state index contributed by atoms with van der Waals surface area (Å²) in [5.41, 5.74) is 3.56. The molecule has 9 nitrogen and oxygen atoms in total. The molecule has 0 aromatic heterocycles. The zero-order chi connectivity index (χ0) is 33.1. The van der Waals surface area contributed by atoms with Gasteiger partial charge >= 0.3 is 12.1 Å². The summed E-state index contributed by atoms with van der Waals surface area (Å²) in [7, 11) is 0. The molecule has 0 aliphatic carbocycles. The van der Waals surface area contributed by atoms with E-state index >= 15 is 0 Å². The lowest BCUT2D eigenvalue weighted by Crippen LogP contribution is -2.74. The van der Waals surface area contributed by atoms with Gasteiger partial charge in [-0.1, -0.05) is 91.0 Å². The Morgan fingerprint density at radius 2 is 1.53 bits per heavy atom. The summed E-state index contributed by atoms with van der Waals surface area (Å²) in [5.74, 6) is -1.26. The van der Waals surface area contributed by atoms with E-state index in [0.29, 0.717) is 36.1 Å². The average molecular weight is 652 g/mol. The number of nitrogens with one attached hydrogen (secondary N) is 2. The number of hydrogen-bond donors (Lipinski definition) is 2. The molecule has 10 heteroatoms. The lowest BCUT2D eigenvalue weighted by Gasteiger charge is -2.52. The minimum atomic E-state index is -1.15. The van der Waals surface area contributed by atoms with Crippen molar-refractivity contribution in [2.24, 2.45) is 0 Å². The van der Waals surface area contributed by atoms with Gasteiger partial charge in [0, 0.05) is 12.1 Å². The monoisotopic (exact) mass is 651 g/mol. The van der Waals surface area contributed by atoms with Crippen LogP contribution in [0.4, 0.5) is 4.79 Å². The van der Waals surface area contributed by atoms with Gasteiger partial charge in [-0.05, 0) is 66.9 Å². The first kappa shape index (κ1) is 32.1. The highest BCUT2D eigenvalue weighted by Crippen LogP contribution is 2.44. The van der Waals surface area contributed by atoms with Crippen molar-refractivity contribution in [1.82, 2.24) is 15.5 Å². The summed E-state index contributed by atoms with van der Waals surface area (Å²) >= 11 is 1.32. The van der Waals surface area contributed by atoms with Crippen molar-refractivity contribution in [2.45, 2.75) is 62.8 Å². The number of alkyl carbamates (subject to hydrolysis) is 1. The second kappa shape index (κ2) is 13.5. The third kappa shape index (κ3) is 6.97. The van der Waals surface area contributed by atoms with Crippen LogP contribution in [0.25, 0.3) is 0 Å². The number of esters is 1. The fourth-order valence-electron chi connectivity index (χ4n) is 6.06. The van der Waals surface area contributed by atoms with Crippen molar-refractivity contribution in [1.29, 1.82) is 0 Å². The molecular weight excluding hydrogens is 614 g/mol. The SMILES string of the molecule is CC(C)(C)OC(=O)N[C@@H]1C(=O)N2[C@@H](C(=O)OC(c3ccccc3)c3ccccc3)C(C(Cc3ccccc3)=C3CCNC3=O)=CS[C@H]12. The number of carbonyl (C=O) groups is 4. The van der Waals surface area contributed by atoms with Gasteiger partial charge in [0.25, 0.3) is 0 Å². The highest BCUT2D eigenvalue weighted by Gasteiger charge is 2.57. The van der Waals surface area contributed by atoms with Crippen LogP contribution in [0.5, 0.6) is 0 Å². The third-order valence-corrected chi connectivity index (χ3v) is 9.36. The third-order valence-electron chi connectivity index (χ3n) is 8.19. The van der Waals surface area contributed by atoms with Crippen LogP contribution < -0.4 is 10.6 Å². The van der Waals surface area contributed by atoms with Gasteiger partial charge in [-0.2, -0.15) is 0 Å². The second-order valence-corrected chi connectivity index (χ2v) is 13.6. The molecule has 0 saturated carbocycles. The first-order valence-corrected chi connectivity index (χ1v) is 16.6. The minimum absolute atomic E-state index is 0.193. The highest BCUT2D eigenvalue weighted by molar-refractivity contribution is 8.03. The van der Waals surface area contributed by atoms with Crippen molar-refractivity contribution in [3.63, 3.8) is 0 Å². The van der Waals surface area contributed by atoms with Gasteiger partial charge in [-0.3, -0.25) is 9.59 Å².